The zero-order valence-electron chi connectivity index (χ0n) is 14.1. The number of fused-ring (bicyclic) bond motifs is 1. The van der Waals surface area contributed by atoms with Gasteiger partial charge < -0.3 is 11.1 Å². The van der Waals surface area contributed by atoms with Crippen molar-refractivity contribution in [3.8, 4) is 0 Å². The Morgan fingerprint density at radius 2 is 1.75 bits per heavy atom. The van der Waals surface area contributed by atoms with Crippen molar-refractivity contribution in [3.63, 3.8) is 0 Å². The van der Waals surface area contributed by atoms with Crippen LogP contribution in [0.5, 0.6) is 0 Å². The van der Waals surface area contributed by atoms with Gasteiger partial charge in [0.15, 0.2) is 0 Å². The summed E-state index contributed by atoms with van der Waals surface area (Å²) in [7, 11) is 0. The second-order valence-electron chi connectivity index (χ2n) is 7.42. The Kier molecular flexibility index (Phi) is 4.20. The summed E-state index contributed by atoms with van der Waals surface area (Å²) in [4.78, 5) is 4.28. The molecule has 1 aliphatic heterocycles. The van der Waals surface area contributed by atoms with Crippen molar-refractivity contribution in [2.75, 3.05) is 0 Å². The van der Waals surface area contributed by atoms with Gasteiger partial charge in [-0.25, -0.2) is 4.99 Å². The van der Waals surface area contributed by atoms with Crippen LogP contribution in [0, 0.1) is 0 Å². The highest BCUT2D eigenvalue weighted by atomic mass is 15.6. The Hall–Kier alpha value is -1.63. The van der Waals surface area contributed by atoms with E-state index in [0.717, 1.165) is 24.4 Å². The number of hydrazine groups is 1. The molecular weight excluding hydrogens is 300 g/mol. The largest absolute Gasteiger partial charge is 0.369 e. The lowest BCUT2D eigenvalue weighted by molar-refractivity contribution is 0.374. The Morgan fingerprint density at radius 3 is 2.46 bits per heavy atom. The van der Waals surface area contributed by atoms with Crippen molar-refractivity contribution >= 4 is 5.96 Å². The van der Waals surface area contributed by atoms with Crippen LogP contribution in [0.1, 0.15) is 55.2 Å². The van der Waals surface area contributed by atoms with Crippen molar-refractivity contribution in [1.29, 1.82) is 0 Å². The number of aryl methyl sites for hydroxylation is 2. The van der Waals surface area contributed by atoms with Crippen LogP contribution in [-0.4, -0.2) is 18.0 Å². The maximum atomic E-state index is 6.33. The summed E-state index contributed by atoms with van der Waals surface area (Å²) in [6.45, 7) is 0. The molecule has 3 aliphatic rings. The van der Waals surface area contributed by atoms with Gasteiger partial charge in [0, 0.05) is 17.6 Å². The van der Waals surface area contributed by atoms with Gasteiger partial charge in [-0.3, -0.25) is 11.2 Å². The lowest BCUT2D eigenvalue weighted by Crippen LogP contribution is -2.50. The molecule has 1 saturated carbocycles. The molecule has 7 N–H and O–H groups in total. The first-order valence-electron chi connectivity index (χ1n) is 9.18. The first kappa shape index (κ1) is 15.9. The number of guanidine groups is 1. The predicted octanol–water partition coefficient (Wildman–Crippen LogP) is 0.958. The summed E-state index contributed by atoms with van der Waals surface area (Å²) < 4.78 is 0. The zero-order chi connectivity index (χ0) is 16.6. The van der Waals surface area contributed by atoms with E-state index in [1.807, 2.05) is 0 Å². The molecule has 0 spiro atoms. The number of hydrogen-bond acceptors (Lipinski definition) is 6. The van der Waals surface area contributed by atoms with Crippen molar-refractivity contribution in [3.05, 3.63) is 34.9 Å². The van der Waals surface area contributed by atoms with E-state index in [0.29, 0.717) is 12.0 Å². The van der Waals surface area contributed by atoms with E-state index in [-0.39, 0.29) is 0 Å². The van der Waals surface area contributed by atoms with Gasteiger partial charge in [-0.05, 0) is 49.7 Å². The summed E-state index contributed by atoms with van der Waals surface area (Å²) in [5.74, 6) is -0.638. The fraction of sp³-hybridized carbons (Fsp3) is 0.611. The average Bonchev–Trinajstić information content (AvgIpc) is 3.15. The third-order valence-electron chi connectivity index (χ3n) is 5.68. The number of aliphatic imine (C=N–C) groups is 1. The second kappa shape index (κ2) is 6.35. The minimum absolute atomic E-state index is 0.327. The third kappa shape index (κ3) is 3.14. The number of nitrogens with two attached hydrogens (primary N) is 2. The van der Waals surface area contributed by atoms with E-state index in [4.69, 9.17) is 11.5 Å². The predicted molar refractivity (Wildman–Crippen MR) is 96.0 cm³/mol. The zero-order valence-corrected chi connectivity index (χ0v) is 14.1. The monoisotopic (exact) mass is 328 g/mol. The van der Waals surface area contributed by atoms with E-state index in [2.05, 4.69) is 39.4 Å². The van der Waals surface area contributed by atoms with E-state index >= 15 is 0 Å². The fourth-order valence-corrected chi connectivity index (χ4v) is 4.28. The van der Waals surface area contributed by atoms with E-state index in [9.17, 15) is 0 Å². The van der Waals surface area contributed by atoms with Gasteiger partial charge >= 0.3 is 0 Å². The lowest BCUT2D eigenvalue weighted by atomic mass is 9.97. The molecule has 1 fully saturated rings. The third-order valence-corrected chi connectivity index (χ3v) is 5.68. The highest BCUT2D eigenvalue weighted by Crippen LogP contribution is 2.27. The number of benzene rings is 1. The summed E-state index contributed by atoms with van der Waals surface area (Å²) >= 11 is 0. The van der Waals surface area contributed by atoms with E-state index in [1.54, 1.807) is 0 Å². The molecule has 0 aromatic heterocycles. The summed E-state index contributed by atoms with van der Waals surface area (Å²) in [5, 5.41) is 3.89. The standard InChI is InChI=1S/C18H28N6/c19-17-22-18(20,24-23-17)14-8-5-12-6-9-16(10-7-13(12)11-14)21-15-3-1-2-4-15/h5,8,11,15-16,21,24H,1-4,6-7,9-10,20H2,(H3,19,22,23)/t16-,18?/m0/s1. The highest BCUT2D eigenvalue weighted by molar-refractivity contribution is 5.79. The fourth-order valence-electron chi connectivity index (χ4n) is 4.28. The van der Waals surface area contributed by atoms with Crippen LogP contribution in [0.3, 0.4) is 0 Å². The Morgan fingerprint density at radius 1 is 1.04 bits per heavy atom. The molecule has 6 heteroatoms. The molecule has 0 radical (unpaired) electrons. The average molecular weight is 328 g/mol. The van der Waals surface area contributed by atoms with Crippen LogP contribution < -0.4 is 27.6 Å². The van der Waals surface area contributed by atoms with Crippen LogP contribution in [0.15, 0.2) is 23.2 Å². The SMILES string of the molecule is NC1=NC(N)(c2ccc3c(c2)CC[C@@H](NC2CCCC2)CC3)NN1. The number of rotatable bonds is 3. The number of hydrogen-bond donors (Lipinski definition) is 5. The lowest BCUT2D eigenvalue weighted by Gasteiger charge is -2.22. The Labute approximate surface area is 143 Å². The quantitative estimate of drug-likeness (QED) is 0.532. The molecule has 1 unspecified atom stereocenters. The molecule has 1 aromatic rings. The van der Waals surface area contributed by atoms with Crippen LogP contribution in [0.2, 0.25) is 0 Å². The highest BCUT2D eigenvalue weighted by Gasteiger charge is 2.32. The molecule has 2 atom stereocenters. The van der Waals surface area contributed by atoms with Crippen molar-refractivity contribution < 1.29 is 0 Å². The molecule has 0 bridgehead atoms. The normalized spacial score (nSPS) is 30.5. The molecular formula is C18H28N6. The molecule has 4 rings (SSSR count). The van der Waals surface area contributed by atoms with Gasteiger partial charge in [0.05, 0.1) is 0 Å². The van der Waals surface area contributed by atoms with Crippen molar-refractivity contribution in [2.45, 2.75) is 69.2 Å². The van der Waals surface area contributed by atoms with Crippen LogP contribution in [-0.2, 0) is 18.6 Å². The van der Waals surface area contributed by atoms with Crippen LogP contribution >= 0.6 is 0 Å². The molecule has 1 aromatic carbocycles. The van der Waals surface area contributed by atoms with Gasteiger partial charge in [0.25, 0.3) is 0 Å². The first-order valence-corrected chi connectivity index (χ1v) is 9.18. The van der Waals surface area contributed by atoms with E-state index in [1.165, 1.54) is 49.7 Å². The minimum Gasteiger partial charge on any atom is -0.369 e. The molecule has 2 aliphatic carbocycles. The number of nitrogens with zero attached hydrogens (tertiary/aromatic N) is 1. The molecule has 130 valence electrons. The van der Waals surface area contributed by atoms with Crippen LogP contribution in [0.4, 0.5) is 0 Å². The summed E-state index contributed by atoms with van der Waals surface area (Å²) in [6.07, 6.45) is 10.1. The van der Waals surface area contributed by atoms with Gasteiger partial charge in [0.1, 0.15) is 0 Å². The second-order valence-corrected chi connectivity index (χ2v) is 7.42. The van der Waals surface area contributed by atoms with Gasteiger partial charge in [0.2, 0.25) is 11.7 Å². The Balaban J connectivity index is 1.47. The van der Waals surface area contributed by atoms with E-state index < -0.39 is 5.79 Å². The van der Waals surface area contributed by atoms with Crippen LogP contribution in [0.25, 0.3) is 0 Å². The first-order chi connectivity index (χ1) is 11.6. The molecule has 24 heavy (non-hydrogen) atoms. The molecule has 6 nitrogen and oxygen atoms in total. The topological polar surface area (TPSA) is 100 Å². The molecule has 0 saturated heterocycles. The molecule has 0 amide bonds. The van der Waals surface area contributed by atoms with Gasteiger partial charge in [-0.1, -0.05) is 31.0 Å². The summed E-state index contributed by atoms with van der Waals surface area (Å²) in [6, 6.07) is 7.86. The van der Waals surface area contributed by atoms with Crippen molar-refractivity contribution in [1.82, 2.24) is 16.2 Å². The minimum atomic E-state index is -0.965. The Bertz CT molecular complexity index is 636. The smallest absolute Gasteiger partial charge is 0.209 e. The van der Waals surface area contributed by atoms with Gasteiger partial charge in [-0.15, -0.1) is 0 Å². The maximum absolute atomic E-state index is 6.33. The molecule has 1 heterocycles. The van der Waals surface area contributed by atoms with Crippen molar-refractivity contribution in [2.24, 2.45) is 16.5 Å². The number of nitrogens with one attached hydrogen (secondary N) is 3. The maximum Gasteiger partial charge on any atom is 0.209 e. The summed E-state index contributed by atoms with van der Waals surface area (Å²) in [5.41, 5.74) is 21.6. The van der Waals surface area contributed by atoms with Gasteiger partial charge in [-0.2, -0.15) is 5.43 Å².